The average molecular weight is 333 g/mol. The van der Waals surface area contributed by atoms with E-state index in [0.29, 0.717) is 6.42 Å². The monoisotopic (exact) mass is 332 g/mol. The zero-order valence-electron chi connectivity index (χ0n) is 15.8. The molecule has 0 spiro atoms. The molecule has 0 saturated carbocycles. The lowest BCUT2D eigenvalue weighted by Crippen LogP contribution is -2.15. The van der Waals surface area contributed by atoms with Crippen molar-refractivity contribution >= 4 is 5.97 Å². The molecule has 24 heavy (non-hydrogen) atoms. The number of carbonyl (C=O) groups excluding carboxylic acids is 1. The van der Waals surface area contributed by atoms with Gasteiger partial charge < -0.3 is 4.74 Å². The van der Waals surface area contributed by atoms with Gasteiger partial charge in [-0.25, -0.2) is 0 Å². The normalized spacial score (nSPS) is 12.1. The molecule has 136 valence electrons. The largest absolute Gasteiger partial charge is 0.463 e. The van der Waals surface area contributed by atoms with E-state index in [1.165, 1.54) is 50.5 Å². The van der Waals surface area contributed by atoms with Gasteiger partial charge in [0.2, 0.25) is 0 Å². The van der Waals surface area contributed by atoms with Crippen LogP contribution < -0.4 is 0 Å². The Morgan fingerprint density at radius 2 is 1.50 bits per heavy atom. The van der Waals surface area contributed by atoms with Crippen molar-refractivity contribution in [3.63, 3.8) is 0 Å². The number of hydrogen-bond acceptors (Lipinski definition) is 2. The van der Waals surface area contributed by atoms with E-state index in [9.17, 15) is 4.79 Å². The van der Waals surface area contributed by atoms with Gasteiger partial charge in [0, 0.05) is 6.42 Å². The van der Waals surface area contributed by atoms with Gasteiger partial charge in [-0.15, -0.1) is 0 Å². The summed E-state index contributed by atoms with van der Waals surface area (Å²) in [7, 11) is 0. The van der Waals surface area contributed by atoms with Gasteiger partial charge in [0.05, 0.1) is 6.10 Å². The summed E-state index contributed by atoms with van der Waals surface area (Å²) in [6.45, 7) is 4.25. The van der Waals surface area contributed by atoms with Crippen molar-refractivity contribution < 1.29 is 9.53 Å². The lowest BCUT2D eigenvalue weighted by molar-refractivity contribution is -0.148. The van der Waals surface area contributed by atoms with Crippen LogP contribution in [0.3, 0.4) is 0 Å². The Morgan fingerprint density at radius 1 is 0.917 bits per heavy atom. The number of hydrogen-bond donors (Lipinski definition) is 0. The molecule has 0 N–H and O–H groups in total. The van der Waals surface area contributed by atoms with Crippen molar-refractivity contribution in [2.24, 2.45) is 0 Å². The molecule has 0 fully saturated rings. The first kappa shape index (κ1) is 20.7. The Kier molecular flexibility index (Phi) is 12.2. The van der Waals surface area contributed by atoms with Crippen molar-refractivity contribution in [2.75, 3.05) is 0 Å². The van der Waals surface area contributed by atoms with E-state index in [1.807, 2.05) is 13.0 Å². The van der Waals surface area contributed by atoms with Crippen molar-refractivity contribution in [3.05, 3.63) is 35.9 Å². The Bertz CT molecular complexity index is 413. The van der Waals surface area contributed by atoms with Crippen LogP contribution in [0.5, 0.6) is 0 Å². The highest BCUT2D eigenvalue weighted by Crippen LogP contribution is 2.12. The summed E-state index contributed by atoms with van der Waals surface area (Å²) in [6.07, 6.45) is 13.9. The fraction of sp³-hybridized carbons (Fsp3) is 0.682. The smallest absolute Gasteiger partial charge is 0.306 e. The lowest BCUT2D eigenvalue weighted by Gasteiger charge is -2.13. The zero-order chi connectivity index (χ0) is 17.5. The second-order valence-electron chi connectivity index (χ2n) is 6.90. The molecule has 0 bridgehead atoms. The molecular weight excluding hydrogens is 296 g/mol. The maximum Gasteiger partial charge on any atom is 0.306 e. The zero-order valence-corrected chi connectivity index (χ0v) is 15.8. The molecule has 0 saturated heterocycles. The Morgan fingerprint density at radius 3 is 2.12 bits per heavy atom. The Hall–Kier alpha value is -1.31. The Labute approximate surface area is 149 Å². The molecule has 0 aliphatic rings. The summed E-state index contributed by atoms with van der Waals surface area (Å²) in [5.41, 5.74) is 1.30. The molecule has 1 unspecified atom stereocenters. The quantitative estimate of drug-likeness (QED) is 0.288. The first-order valence-electron chi connectivity index (χ1n) is 9.95. The van der Waals surface area contributed by atoms with Crippen LogP contribution in [0, 0.1) is 0 Å². The topological polar surface area (TPSA) is 26.3 Å². The van der Waals surface area contributed by atoms with Crippen LogP contribution >= 0.6 is 0 Å². The van der Waals surface area contributed by atoms with Crippen molar-refractivity contribution in [2.45, 2.75) is 97.0 Å². The molecule has 2 nitrogen and oxygen atoms in total. The molecule has 2 heteroatoms. The fourth-order valence-corrected chi connectivity index (χ4v) is 2.94. The first-order chi connectivity index (χ1) is 11.7. The predicted octanol–water partition coefficient (Wildman–Crippen LogP) is 6.47. The van der Waals surface area contributed by atoms with Gasteiger partial charge in [-0.1, -0.05) is 88.6 Å². The fourth-order valence-electron chi connectivity index (χ4n) is 2.94. The van der Waals surface area contributed by atoms with Crippen LogP contribution in [0.4, 0.5) is 0 Å². The number of rotatable bonds is 14. The Balaban J connectivity index is 1.95. The summed E-state index contributed by atoms with van der Waals surface area (Å²) in [5, 5.41) is 0. The van der Waals surface area contributed by atoms with Gasteiger partial charge in [0.25, 0.3) is 0 Å². The maximum atomic E-state index is 11.8. The molecule has 0 aromatic heterocycles. The molecule has 0 heterocycles. The number of benzene rings is 1. The van der Waals surface area contributed by atoms with E-state index in [-0.39, 0.29) is 12.1 Å². The van der Waals surface area contributed by atoms with Crippen LogP contribution in [0.25, 0.3) is 0 Å². The summed E-state index contributed by atoms with van der Waals surface area (Å²) in [4.78, 5) is 11.8. The first-order valence-corrected chi connectivity index (χ1v) is 9.95. The molecule has 0 radical (unpaired) electrons. The van der Waals surface area contributed by atoms with E-state index in [4.69, 9.17) is 4.74 Å². The number of ether oxygens (including phenoxy) is 1. The molecule has 1 aromatic carbocycles. The van der Waals surface area contributed by atoms with Gasteiger partial charge in [-0.2, -0.15) is 0 Å². The van der Waals surface area contributed by atoms with Crippen LogP contribution in [-0.4, -0.2) is 12.1 Å². The third-order valence-electron chi connectivity index (χ3n) is 4.50. The third kappa shape index (κ3) is 11.3. The van der Waals surface area contributed by atoms with E-state index < -0.39 is 0 Å². The summed E-state index contributed by atoms with van der Waals surface area (Å²) in [5.74, 6) is -0.0292. The van der Waals surface area contributed by atoms with Crippen molar-refractivity contribution in [3.8, 4) is 0 Å². The van der Waals surface area contributed by atoms with E-state index in [0.717, 1.165) is 25.7 Å². The minimum absolute atomic E-state index is 0.0104. The molecular formula is C22H36O2. The van der Waals surface area contributed by atoms with Crippen molar-refractivity contribution in [1.82, 2.24) is 0 Å². The standard InChI is InChI=1S/C22H36O2/c1-3-4-5-6-7-8-9-10-14-17-22(23)24-20(2)18-19-21-15-12-11-13-16-21/h11-13,15-16,20H,3-10,14,17-19H2,1-2H3. The van der Waals surface area contributed by atoms with E-state index >= 15 is 0 Å². The number of esters is 1. The molecule has 1 rings (SSSR count). The molecule has 0 aliphatic carbocycles. The maximum absolute atomic E-state index is 11.8. The van der Waals surface area contributed by atoms with Gasteiger partial charge in [0.1, 0.15) is 0 Å². The van der Waals surface area contributed by atoms with Crippen LogP contribution in [0.2, 0.25) is 0 Å². The summed E-state index contributed by atoms with van der Waals surface area (Å²) >= 11 is 0. The van der Waals surface area contributed by atoms with Gasteiger partial charge in [0.15, 0.2) is 0 Å². The van der Waals surface area contributed by atoms with E-state index in [2.05, 4.69) is 31.2 Å². The highest BCUT2D eigenvalue weighted by atomic mass is 16.5. The van der Waals surface area contributed by atoms with Gasteiger partial charge >= 0.3 is 5.97 Å². The SMILES string of the molecule is CCCCCCCCCCCC(=O)OC(C)CCc1ccccc1. The molecule has 1 atom stereocenters. The number of carbonyl (C=O) groups is 1. The van der Waals surface area contributed by atoms with Crippen LogP contribution in [0.1, 0.15) is 90.0 Å². The minimum atomic E-state index is -0.0292. The summed E-state index contributed by atoms with van der Waals surface area (Å²) < 4.78 is 5.51. The second kappa shape index (κ2) is 14.1. The highest BCUT2D eigenvalue weighted by molar-refractivity contribution is 5.69. The van der Waals surface area contributed by atoms with Crippen LogP contribution in [0.15, 0.2) is 30.3 Å². The van der Waals surface area contributed by atoms with Gasteiger partial charge in [-0.3, -0.25) is 4.79 Å². The van der Waals surface area contributed by atoms with Gasteiger partial charge in [-0.05, 0) is 31.7 Å². The second-order valence-corrected chi connectivity index (χ2v) is 6.90. The van der Waals surface area contributed by atoms with E-state index in [1.54, 1.807) is 0 Å². The summed E-state index contributed by atoms with van der Waals surface area (Å²) in [6, 6.07) is 10.4. The third-order valence-corrected chi connectivity index (χ3v) is 4.50. The number of unbranched alkanes of at least 4 members (excludes halogenated alkanes) is 8. The number of aryl methyl sites for hydroxylation is 1. The average Bonchev–Trinajstić information content (AvgIpc) is 2.59. The van der Waals surface area contributed by atoms with Crippen LogP contribution in [-0.2, 0) is 16.0 Å². The minimum Gasteiger partial charge on any atom is -0.463 e. The molecule has 0 aliphatic heterocycles. The lowest BCUT2D eigenvalue weighted by atomic mass is 10.1. The molecule has 0 amide bonds. The van der Waals surface area contributed by atoms with Crippen molar-refractivity contribution in [1.29, 1.82) is 0 Å². The predicted molar refractivity (Wildman–Crippen MR) is 102 cm³/mol. The highest BCUT2D eigenvalue weighted by Gasteiger charge is 2.09. The molecule has 1 aromatic rings.